The maximum absolute atomic E-state index is 8.59. The highest BCUT2D eigenvalue weighted by molar-refractivity contribution is 5.58. The van der Waals surface area contributed by atoms with Crippen molar-refractivity contribution in [3.05, 3.63) is 0 Å². The highest BCUT2D eigenvalue weighted by Crippen LogP contribution is 2.28. The molecule has 15 heavy (non-hydrogen) atoms. The molecule has 0 aliphatic carbocycles. The van der Waals surface area contributed by atoms with E-state index in [-0.39, 0.29) is 36.6 Å². The molecule has 84 valence electrons. The zero-order valence-corrected chi connectivity index (χ0v) is 8.43. The van der Waals surface area contributed by atoms with Gasteiger partial charge >= 0.3 is 0 Å². The first-order valence-corrected chi connectivity index (χ1v) is 4.48. The van der Waals surface area contributed by atoms with E-state index in [0.29, 0.717) is 6.61 Å². The van der Waals surface area contributed by atoms with Gasteiger partial charge in [-0.1, -0.05) is 0 Å². The second-order valence-electron chi connectivity index (χ2n) is 2.61. The molecule has 0 radical (unpaired) electrons. The second-order valence-corrected chi connectivity index (χ2v) is 2.61. The largest absolute Gasteiger partial charge is 0.476 e. The number of hydrogen-bond acceptors (Lipinski definition) is 7. The number of ether oxygens (including phenoxy) is 2. The Morgan fingerprint density at radius 3 is 2.33 bits per heavy atom. The van der Waals surface area contributed by atoms with Gasteiger partial charge in [-0.2, -0.15) is 9.97 Å². The van der Waals surface area contributed by atoms with Crippen LogP contribution in [0, 0.1) is 0 Å². The van der Waals surface area contributed by atoms with E-state index in [1.165, 1.54) is 0 Å². The molecule has 0 atom stereocenters. The van der Waals surface area contributed by atoms with Gasteiger partial charge in [0.1, 0.15) is 6.61 Å². The van der Waals surface area contributed by atoms with Gasteiger partial charge in [0.25, 0.3) is 0 Å². The van der Waals surface area contributed by atoms with Crippen molar-refractivity contribution in [3.8, 4) is 11.8 Å². The minimum Gasteiger partial charge on any atom is -0.476 e. The van der Waals surface area contributed by atoms with Crippen LogP contribution in [0.15, 0.2) is 0 Å². The number of aromatic nitrogens is 2. The van der Waals surface area contributed by atoms with Crippen molar-refractivity contribution in [2.45, 2.75) is 6.92 Å². The average Bonchev–Trinajstić information content (AvgIpc) is 2.21. The van der Waals surface area contributed by atoms with Crippen molar-refractivity contribution in [1.29, 1.82) is 0 Å². The first-order chi connectivity index (χ1) is 7.19. The van der Waals surface area contributed by atoms with Crippen LogP contribution in [0.3, 0.4) is 0 Å². The SMILES string of the molecule is CCOc1nc(N)nc(OCCO)c1N. The van der Waals surface area contributed by atoms with Crippen molar-refractivity contribution in [2.24, 2.45) is 0 Å². The van der Waals surface area contributed by atoms with Crippen molar-refractivity contribution in [1.82, 2.24) is 9.97 Å². The minimum absolute atomic E-state index is 0.0144. The molecule has 7 heteroatoms. The summed E-state index contributed by atoms with van der Waals surface area (Å²) in [4.78, 5) is 7.59. The number of nitrogen functional groups attached to an aromatic ring is 2. The lowest BCUT2D eigenvalue weighted by Crippen LogP contribution is -2.10. The van der Waals surface area contributed by atoms with E-state index in [1.54, 1.807) is 6.92 Å². The smallest absolute Gasteiger partial charge is 0.246 e. The summed E-state index contributed by atoms with van der Waals surface area (Å²) in [6, 6.07) is 0. The van der Waals surface area contributed by atoms with Crippen LogP contribution < -0.4 is 20.9 Å². The molecular formula is C8H14N4O3. The van der Waals surface area contributed by atoms with Crippen molar-refractivity contribution >= 4 is 11.6 Å². The number of rotatable bonds is 5. The van der Waals surface area contributed by atoms with Crippen LogP contribution in [0.25, 0.3) is 0 Å². The third kappa shape index (κ3) is 2.84. The Kier molecular flexibility index (Phi) is 3.92. The second kappa shape index (κ2) is 5.20. The van der Waals surface area contributed by atoms with Gasteiger partial charge in [-0.25, -0.2) is 0 Å². The molecule has 1 aromatic rings. The molecule has 5 N–H and O–H groups in total. The van der Waals surface area contributed by atoms with Crippen molar-refractivity contribution < 1.29 is 14.6 Å². The quantitative estimate of drug-likeness (QED) is 0.599. The molecule has 1 aromatic heterocycles. The van der Waals surface area contributed by atoms with Gasteiger partial charge in [0.2, 0.25) is 17.7 Å². The van der Waals surface area contributed by atoms with Gasteiger partial charge in [-0.3, -0.25) is 0 Å². The monoisotopic (exact) mass is 214 g/mol. The fourth-order valence-electron chi connectivity index (χ4n) is 0.944. The molecule has 1 heterocycles. The van der Waals surface area contributed by atoms with E-state index in [0.717, 1.165) is 0 Å². The summed E-state index contributed by atoms with van der Waals surface area (Å²) in [6.45, 7) is 2.17. The maximum atomic E-state index is 8.59. The van der Waals surface area contributed by atoms with Gasteiger partial charge in [0.05, 0.1) is 13.2 Å². The van der Waals surface area contributed by atoms with Crippen LogP contribution >= 0.6 is 0 Å². The number of nitrogens with two attached hydrogens (primary N) is 2. The predicted octanol–water partition coefficient (Wildman–Crippen LogP) is -0.589. The van der Waals surface area contributed by atoms with Gasteiger partial charge < -0.3 is 26.0 Å². The first-order valence-electron chi connectivity index (χ1n) is 4.48. The summed E-state index contributed by atoms with van der Waals surface area (Å²) in [5.74, 6) is 0.332. The molecule has 0 aliphatic rings. The number of aliphatic hydroxyl groups is 1. The van der Waals surface area contributed by atoms with Crippen LogP contribution in [0.2, 0.25) is 0 Å². The Balaban J connectivity index is 2.93. The summed E-state index contributed by atoms with van der Waals surface area (Å²) >= 11 is 0. The molecule has 7 nitrogen and oxygen atoms in total. The lowest BCUT2D eigenvalue weighted by molar-refractivity contribution is 0.196. The van der Waals surface area contributed by atoms with Crippen LogP contribution in [-0.2, 0) is 0 Å². The Morgan fingerprint density at radius 2 is 1.80 bits per heavy atom. The number of anilines is 2. The molecule has 0 aliphatic heterocycles. The minimum atomic E-state index is -0.132. The third-order valence-corrected chi connectivity index (χ3v) is 1.50. The first kappa shape index (κ1) is 11.3. The molecule has 0 unspecified atom stereocenters. The zero-order valence-electron chi connectivity index (χ0n) is 8.43. The lowest BCUT2D eigenvalue weighted by atomic mass is 10.5. The third-order valence-electron chi connectivity index (χ3n) is 1.50. The molecule has 0 saturated carbocycles. The van der Waals surface area contributed by atoms with Gasteiger partial charge in [-0.05, 0) is 6.92 Å². The van der Waals surface area contributed by atoms with E-state index < -0.39 is 0 Å². The highest BCUT2D eigenvalue weighted by Gasteiger charge is 2.12. The lowest BCUT2D eigenvalue weighted by Gasteiger charge is -2.10. The molecule has 0 fully saturated rings. The summed E-state index contributed by atoms with van der Waals surface area (Å²) in [7, 11) is 0. The van der Waals surface area contributed by atoms with E-state index in [9.17, 15) is 0 Å². The Labute approximate surface area is 87.0 Å². The van der Waals surface area contributed by atoms with Gasteiger partial charge in [0.15, 0.2) is 5.69 Å². The molecule has 0 aromatic carbocycles. The molecule has 0 amide bonds. The summed E-state index contributed by atoms with van der Waals surface area (Å²) in [5, 5.41) is 8.59. The summed E-state index contributed by atoms with van der Waals surface area (Å²) < 4.78 is 10.2. The van der Waals surface area contributed by atoms with Crippen molar-refractivity contribution in [3.63, 3.8) is 0 Å². The molecule has 0 spiro atoms. The van der Waals surface area contributed by atoms with Crippen molar-refractivity contribution in [2.75, 3.05) is 31.3 Å². The van der Waals surface area contributed by atoms with E-state index in [4.69, 9.17) is 26.0 Å². The fourth-order valence-corrected chi connectivity index (χ4v) is 0.944. The van der Waals surface area contributed by atoms with E-state index in [2.05, 4.69) is 9.97 Å². The predicted molar refractivity (Wildman–Crippen MR) is 54.6 cm³/mol. The Bertz CT molecular complexity index is 332. The van der Waals surface area contributed by atoms with Crippen LogP contribution in [0.5, 0.6) is 11.8 Å². The topological polar surface area (TPSA) is 117 Å². The molecule has 0 saturated heterocycles. The number of hydrogen-bond donors (Lipinski definition) is 3. The zero-order chi connectivity index (χ0) is 11.3. The Hall–Kier alpha value is -1.76. The highest BCUT2D eigenvalue weighted by atomic mass is 16.5. The molecule has 1 rings (SSSR count). The van der Waals surface area contributed by atoms with E-state index in [1.807, 2.05) is 0 Å². The molecular weight excluding hydrogens is 200 g/mol. The van der Waals surface area contributed by atoms with Crippen LogP contribution in [-0.4, -0.2) is 34.9 Å². The molecule has 0 bridgehead atoms. The summed E-state index contributed by atoms with van der Waals surface area (Å²) in [5.41, 5.74) is 11.3. The normalized spacial score (nSPS) is 10.0. The van der Waals surface area contributed by atoms with Gasteiger partial charge in [0, 0.05) is 0 Å². The van der Waals surface area contributed by atoms with E-state index >= 15 is 0 Å². The summed E-state index contributed by atoms with van der Waals surface area (Å²) in [6.07, 6.45) is 0. The van der Waals surface area contributed by atoms with Crippen LogP contribution in [0.1, 0.15) is 6.92 Å². The maximum Gasteiger partial charge on any atom is 0.246 e. The fraction of sp³-hybridized carbons (Fsp3) is 0.500. The standard InChI is InChI=1S/C8H14N4O3/c1-2-14-6-5(9)7(15-4-3-13)12-8(10)11-6/h13H,2-4,9H2,1H3,(H2,10,11,12). The van der Waals surface area contributed by atoms with Crippen LogP contribution in [0.4, 0.5) is 11.6 Å². The Morgan fingerprint density at radius 1 is 1.20 bits per heavy atom. The number of nitrogens with zero attached hydrogens (tertiary/aromatic N) is 2. The number of aliphatic hydroxyl groups excluding tert-OH is 1. The average molecular weight is 214 g/mol. The van der Waals surface area contributed by atoms with Gasteiger partial charge in [-0.15, -0.1) is 0 Å².